The standard InChI is InChI=1S/C16H22FN3O2/c1-18-9-6-15(21)20-10-7-14(8-11-20)19-16(22)12-2-4-13(17)5-3-12/h2-5,14,18H,6-11H2,1H3,(H,19,22). The molecule has 1 saturated heterocycles. The van der Waals surface area contributed by atoms with Crippen LogP contribution in [0, 0.1) is 5.82 Å². The van der Waals surface area contributed by atoms with Crippen LogP contribution >= 0.6 is 0 Å². The van der Waals surface area contributed by atoms with E-state index in [4.69, 9.17) is 0 Å². The van der Waals surface area contributed by atoms with Gasteiger partial charge in [0.2, 0.25) is 5.91 Å². The van der Waals surface area contributed by atoms with Crippen LogP contribution < -0.4 is 10.6 Å². The Balaban J connectivity index is 1.78. The van der Waals surface area contributed by atoms with E-state index >= 15 is 0 Å². The summed E-state index contributed by atoms with van der Waals surface area (Å²) in [6.07, 6.45) is 2.00. The molecule has 2 N–H and O–H groups in total. The number of likely N-dealkylation sites (tertiary alicyclic amines) is 1. The maximum absolute atomic E-state index is 12.8. The molecule has 1 aromatic carbocycles. The van der Waals surface area contributed by atoms with Crippen LogP contribution in [-0.2, 0) is 4.79 Å². The van der Waals surface area contributed by atoms with Crippen molar-refractivity contribution in [3.05, 3.63) is 35.6 Å². The molecule has 6 heteroatoms. The lowest BCUT2D eigenvalue weighted by Gasteiger charge is -2.32. The Morgan fingerprint density at radius 1 is 1.23 bits per heavy atom. The summed E-state index contributed by atoms with van der Waals surface area (Å²) in [4.78, 5) is 25.8. The summed E-state index contributed by atoms with van der Waals surface area (Å²) in [6.45, 7) is 2.01. The predicted octanol–water partition coefficient (Wildman–Crippen LogP) is 1.16. The Morgan fingerprint density at radius 2 is 1.86 bits per heavy atom. The Hall–Kier alpha value is -1.95. The topological polar surface area (TPSA) is 61.4 Å². The lowest BCUT2D eigenvalue weighted by atomic mass is 10.0. The van der Waals surface area contributed by atoms with Crippen LogP contribution in [-0.4, -0.2) is 49.4 Å². The van der Waals surface area contributed by atoms with E-state index in [0.29, 0.717) is 31.6 Å². The zero-order valence-electron chi connectivity index (χ0n) is 12.8. The molecule has 1 aliphatic heterocycles. The van der Waals surface area contributed by atoms with Crippen molar-refractivity contribution in [3.8, 4) is 0 Å². The van der Waals surface area contributed by atoms with Gasteiger partial charge in [-0.15, -0.1) is 0 Å². The molecule has 22 heavy (non-hydrogen) atoms. The van der Waals surface area contributed by atoms with Gasteiger partial charge in [-0.05, 0) is 44.2 Å². The fourth-order valence-electron chi connectivity index (χ4n) is 2.53. The summed E-state index contributed by atoms with van der Waals surface area (Å²) in [5, 5.41) is 5.91. The molecule has 1 aliphatic rings. The Labute approximate surface area is 129 Å². The number of benzene rings is 1. The molecule has 1 heterocycles. The van der Waals surface area contributed by atoms with Gasteiger partial charge in [0.25, 0.3) is 5.91 Å². The van der Waals surface area contributed by atoms with Gasteiger partial charge in [-0.3, -0.25) is 9.59 Å². The Morgan fingerprint density at radius 3 is 2.45 bits per heavy atom. The van der Waals surface area contributed by atoms with E-state index in [1.807, 2.05) is 11.9 Å². The molecule has 0 saturated carbocycles. The summed E-state index contributed by atoms with van der Waals surface area (Å²) in [5.41, 5.74) is 0.453. The summed E-state index contributed by atoms with van der Waals surface area (Å²) in [7, 11) is 1.82. The molecule has 2 amide bonds. The quantitative estimate of drug-likeness (QED) is 0.858. The van der Waals surface area contributed by atoms with Crippen LogP contribution in [0.25, 0.3) is 0 Å². The second-order valence-electron chi connectivity index (χ2n) is 5.49. The van der Waals surface area contributed by atoms with Crippen molar-refractivity contribution in [2.45, 2.75) is 25.3 Å². The first kappa shape index (κ1) is 16.4. The smallest absolute Gasteiger partial charge is 0.251 e. The van der Waals surface area contributed by atoms with Gasteiger partial charge in [0.05, 0.1) is 0 Å². The molecule has 0 aromatic heterocycles. The fraction of sp³-hybridized carbons (Fsp3) is 0.500. The molecule has 1 aromatic rings. The van der Waals surface area contributed by atoms with Crippen molar-refractivity contribution in [3.63, 3.8) is 0 Å². The van der Waals surface area contributed by atoms with Gasteiger partial charge >= 0.3 is 0 Å². The third-order valence-electron chi connectivity index (χ3n) is 3.88. The third kappa shape index (κ3) is 4.53. The molecular formula is C16H22FN3O2. The van der Waals surface area contributed by atoms with Gasteiger partial charge in [-0.2, -0.15) is 0 Å². The van der Waals surface area contributed by atoms with Gasteiger partial charge in [0, 0.05) is 37.7 Å². The van der Waals surface area contributed by atoms with Crippen molar-refractivity contribution >= 4 is 11.8 Å². The lowest BCUT2D eigenvalue weighted by Crippen LogP contribution is -2.46. The van der Waals surface area contributed by atoms with Crippen molar-refractivity contribution in [1.29, 1.82) is 0 Å². The maximum atomic E-state index is 12.8. The van der Waals surface area contributed by atoms with E-state index in [2.05, 4.69) is 10.6 Å². The number of carbonyl (C=O) groups is 2. The molecule has 1 fully saturated rings. The zero-order valence-corrected chi connectivity index (χ0v) is 12.8. The molecule has 0 atom stereocenters. The maximum Gasteiger partial charge on any atom is 0.251 e. The number of nitrogens with zero attached hydrogens (tertiary/aromatic N) is 1. The minimum atomic E-state index is -0.357. The number of carbonyl (C=O) groups excluding carboxylic acids is 2. The summed E-state index contributed by atoms with van der Waals surface area (Å²) in [6, 6.07) is 5.56. The average Bonchev–Trinajstić information content (AvgIpc) is 2.54. The van der Waals surface area contributed by atoms with E-state index in [1.165, 1.54) is 24.3 Å². The first-order chi connectivity index (χ1) is 10.6. The van der Waals surface area contributed by atoms with Gasteiger partial charge < -0.3 is 15.5 Å². The number of rotatable bonds is 5. The summed E-state index contributed by atoms with van der Waals surface area (Å²) < 4.78 is 12.8. The van der Waals surface area contributed by atoms with Gasteiger partial charge in [0.15, 0.2) is 0 Å². The van der Waals surface area contributed by atoms with Crippen LogP contribution in [0.3, 0.4) is 0 Å². The first-order valence-corrected chi connectivity index (χ1v) is 7.59. The molecule has 0 radical (unpaired) electrons. The number of piperidine rings is 1. The predicted molar refractivity (Wildman–Crippen MR) is 82.0 cm³/mol. The van der Waals surface area contributed by atoms with Crippen LogP contribution in [0.2, 0.25) is 0 Å². The molecule has 0 unspecified atom stereocenters. The van der Waals surface area contributed by atoms with Crippen molar-refractivity contribution in [2.24, 2.45) is 0 Å². The highest BCUT2D eigenvalue weighted by Crippen LogP contribution is 2.12. The molecule has 2 rings (SSSR count). The van der Waals surface area contributed by atoms with E-state index in [9.17, 15) is 14.0 Å². The van der Waals surface area contributed by atoms with Crippen molar-refractivity contribution < 1.29 is 14.0 Å². The van der Waals surface area contributed by atoms with Gasteiger partial charge in [-0.1, -0.05) is 0 Å². The van der Waals surface area contributed by atoms with Crippen LogP contribution in [0.5, 0.6) is 0 Å². The molecule has 120 valence electrons. The molecule has 0 spiro atoms. The average molecular weight is 307 g/mol. The number of halogens is 1. The summed E-state index contributed by atoms with van der Waals surface area (Å²) >= 11 is 0. The second-order valence-corrected chi connectivity index (χ2v) is 5.49. The highest BCUT2D eigenvalue weighted by atomic mass is 19.1. The number of nitrogens with one attached hydrogen (secondary N) is 2. The van der Waals surface area contributed by atoms with E-state index < -0.39 is 0 Å². The monoisotopic (exact) mass is 307 g/mol. The van der Waals surface area contributed by atoms with E-state index in [1.54, 1.807) is 0 Å². The van der Waals surface area contributed by atoms with Crippen molar-refractivity contribution in [2.75, 3.05) is 26.7 Å². The van der Waals surface area contributed by atoms with E-state index in [-0.39, 0.29) is 23.7 Å². The number of hydrogen-bond donors (Lipinski definition) is 2. The lowest BCUT2D eigenvalue weighted by molar-refractivity contribution is -0.132. The minimum absolute atomic E-state index is 0.0610. The number of amides is 2. The van der Waals surface area contributed by atoms with Crippen molar-refractivity contribution in [1.82, 2.24) is 15.5 Å². The van der Waals surface area contributed by atoms with E-state index in [0.717, 1.165) is 12.8 Å². The molecule has 0 aliphatic carbocycles. The Kier molecular flexibility index (Phi) is 5.89. The summed E-state index contributed by atoms with van der Waals surface area (Å²) in [5.74, 6) is -0.400. The van der Waals surface area contributed by atoms with Gasteiger partial charge in [-0.25, -0.2) is 4.39 Å². The fourth-order valence-corrected chi connectivity index (χ4v) is 2.53. The molecule has 5 nitrogen and oxygen atoms in total. The normalized spacial score (nSPS) is 15.6. The minimum Gasteiger partial charge on any atom is -0.349 e. The van der Waals surface area contributed by atoms with Gasteiger partial charge in [0.1, 0.15) is 5.82 Å². The third-order valence-corrected chi connectivity index (χ3v) is 3.88. The Bertz CT molecular complexity index is 511. The number of hydrogen-bond acceptors (Lipinski definition) is 3. The second kappa shape index (κ2) is 7.89. The largest absolute Gasteiger partial charge is 0.349 e. The molecular weight excluding hydrogens is 285 g/mol. The molecule has 0 bridgehead atoms. The SMILES string of the molecule is CNCCC(=O)N1CCC(NC(=O)c2ccc(F)cc2)CC1. The first-order valence-electron chi connectivity index (χ1n) is 7.59. The highest BCUT2D eigenvalue weighted by molar-refractivity contribution is 5.94. The zero-order chi connectivity index (χ0) is 15.9. The van der Waals surface area contributed by atoms with Crippen LogP contribution in [0.15, 0.2) is 24.3 Å². The highest BCUT2D eigenvalue weighted by Gasteiger charge is 2.23. The van der Waals surface area contributed by atoms with Crippen LogP contribution in [0.4, 0.5) is 4.39 Å². The van der Waals surface area contributed by atoms with Crippen LogP contribution in [0.1, 0.15) is 29.6 Å².